The Labute approximate surface area is 131 Å². The molecule has 3 nitrogen and oxygen atoms in total. The van der Waals surface area contributed by atoms with Gasteiger partial charge in [-0.2, -0.15) is 0 Å². The molecule has 106 valence electrons. The molecule has 1 amide bonds. The number of rotatable bonds is 6. The van der Waals surface area contributed by atoms with E-state index in [0.717, 1.165) is 27.8 Å². The first-order valence-corrected chi connectivity index (χ1v) is 8.12. The lowest BCUT2D eigenvalue weighted by Gasteiger charge is -2.09. The number of amides is 1. The Morgan fingerprint density at radius 2 is 2.00 bits per heavy atom. The second-order valence-corrected chi connectivity index (χ2v) is 6.96. The highest BCUT2D eigenvalue weighted by atomic mass is 79.9. The Kier molecular flexibility index (Phi) is 5.76. The summed E-state index contributed by atoms with van der Waals surface area (Å²) in [5.41, 5.74) is 7.31. The topological polar surface area (TPSA) is 55.1 Å². The molecule has 0 unspecified atom stereocenters. The maximum absolute atomic E-state index is 12.2. The molecule has 2 rings (SSSR count). The zero-order valence-corrected chi connectivity index (χ0v) is 13.5. The Morgan fingerprint density at radius 1 is 1.20 bits per heavy atom. The third-order valence-electron chi connectivity index (χ3n) is 2.96. The summed E-state index contributed by atoms with van der Waals surface area (Å²) in [6, 6.07) is 11.7. The van der Waals surface area contributed by atoms with Gasteiger partial charge in [-0.3, -0.25) is 4.79 Å². The Bertz CT molecular complexity index is 583. The molecule has 0 fully saturated rings. The van der Waals surface area contributed by atoms with E-state index in [-0.39, 0.29) is 5.91 Å². The molecule has 0 aliphatic heterocycles. The van der Waals surface area contributed by atoms with E-state index in [9.17, 15) is 4.79 Å². The predicted octanol–water partition coefficient (Wildman–Crippen LogP) is 2.98. The minimum absolute atomic E-state index is 0.0235. The number of carbonyl (C=O) groups excluding carboxylic acids is 1. The highest BCUT2D eigenvalue weighted by molar-refractivity contribution is 9.11. The van der Waals surface area contributed by atoms with E-state index in [1.165, 1.54) is 4.88 Å². The Hall–Kier alpha value is -1.17. The van der Waals surface area contributed by atoms with Gasteiger partial charge in [0.1, 0.15) is 0 Å². The fraction of sp³-hybridized carbons (Fsp3) is 0.267. The average molecular weight is 353 g/mol. The molecular weight excluding hydrogens is 336 g/mol. The van der Waals surface area contributed by atoms with Gasteiger partial charge in [0, 0.05) is 17.0 Å². The van der Waals surface area contributed by atoms with Gasteiger partial charge in [-0.1, -0.05) is 18.2 Å². The van der Waals surface area contributed by atoms with Gasteiger partial charge in [-0.05, 0) is 59.1 Å². The number of thiophene rings is 1. The van der Waals surface area contributed by atoms with Gasteiger partial charge in [0.2, 0.25) is 0 Å². The van der Waals surface area contributed by atoms with Crippen LogP contribution in [0.25, 0.3) is 0 Å². The Morgan fingerprint density at radius 3 is 2.70 bits per heavy atom. The van der Waals surface area contributed by atoms with Crippen LogP contribution in [0.1, 0.15) is 20.8 Å². The van der Waals surface area contributed by atoms with E-state index in [0.29, 0.717) is 13.1 Å². The number of carbonyl (C=O) groups is 1. The van der Waals surface area contributed by atoms with Crippen molar-refractivity contribution in [2.45, 2.75) is 12.8 Å². The van der Waals surface area contributed by atoms with Crippen LogP contribution < -0.4 is 11.1 Å². The fourth-order valence-corrected chi connectivity index (χ4v) is 3.48. The molecule has 1 aromatic carbocycles. The molecule has 0 saturated carbocycles. The second-order valence-electron chi connectivity index (χ2n) is 4.41. The van der Waals surface area contributed by atoms with Crippen LogP contribution in [0.3, 0.4) is 0 Å². The number of hydrogen-bond acceptors (Lipinski definition) is 3. The van der Waals surface area contributed by atoms with Crippen molar-refractivity contribution in [2.24, 2.45) is 5.73 Å². The summed E-state index contributed by atoms with van der Waals surface area (Å²) in [5, 5.41) is 2.97. The smallest absolute Gasteiger partial charge is 0.251 e. The van der Waals surface area contributed by atoms with E-state index < -0.39 is 0 Å². The molecule has 1 heterocycles. The molecule has 0 aliphatic rings. The zero-order chi connectivity index (χ0) is 14.4. The van der Waals surface area contributed by atoms with E-state index in [1.807, 2.05) is 30.3 Å². The van der Waals surface area contributed by atoms with Crippen LogP contribution in [-0.4, -0.2) is 19.0 Å². The summed E-state index contributed by atoms with van der Waals surface area (Å²) in [5.74, 6) is -0.0235. The average Bonchev–Trinajstić information content (AvgIpc) is 2.85. The summed E-state index contributed by atoms with van der Waals surface area (Å²) in [6.07, 6.45) is 1.57. The van der Waals surface area contributed by atoms with E-state index >= 15 is 0 Å². The van der Waals surface area contributed by atoms with Gasteiger partial charge >= 0.3 is 0 Å². The lowest BCUT2D eigenvalue weighted by atomic mass is 10.0. The maximum atomic E-state index is 12.2. The number of benzene rings is 1. The van der Waals surface area contributed by atoms with Gasteiger partial charge in [-0.15, -0.1) is 11.3 Å². The maximum Gasteiger partial charge on any atom is 0.251 e. The van der Waals surface area contributed by atoms with Crippen LogP contribution in [0.15, 0.2) is 40.2 Å². The van der Waals surface area contributed by atoms with E-state index in [1.54, 1.807) is 11.3 Å². The van der Waals surface area contributed by atoms with Crippen LogP contribution in [-0.2, 0) is 12.8 Å². The summed E-state index contributed by atoms with van der Waals surface area (Å²) in [6.45, 7) is 1.19. The standard InChI is InChI=1S/C15H17BrN2OS/c16-14-6-5-12(20-14)8-10-18-15(19)13-4-2-1-3-11(13)7-9-17/h1-6H,7-10,17H2,(H,18,19). The molecule has 3 N–H and O–H groups in total. The molecular formula is C15H17BrN2OS. The first kappa shape index (κ1) is 15.2. The van der Waals surface area contributed by atoms with Crippen LogP contribution in [0, 0.1) is 0 Å². The quantitative estimate of drug-likeness (QED) is 0.839. The largest absolute Gasteiger partial charge is 0.352 e. The molecule has 0 saturated heterocycles. The lowest BCUT2D eigenvalue weighted by Crippen LogP contribution is -2.26. The molecule has 0 spiro atoms. The number of nitrogens with two attached hydrogens (primary N) is 1. The van der Waals surface area contributed by atoms with Gasteiger partial charge in [0.15, 0.2) is 0 Å². The monoisotopic (exact) mass is 352 g/mol. The normalized spacial score (nSPS) is 10.5. The van der Waals surface area contributed by atoms with Crippen molar-refractivity contribution in [1.82, 2.24) is 5.32 Å². The molecule has 1 aromatic heterocycles. The van der Waals surface area contributed by atoms with Gasteiger partial charge in [0.25, 0.3) is 5.91 Å². The van der Waals surface area contributed by atoms with Crippen molar-refractivity contribution in [3.05, 3.63) is 56.2 Å². The van der Waals surface area contributed by atoms with Crippen molar-refractivity contribution < 1.29 is 4.79 Å². The first-order valence-electron chi connectivity index (χ1n) is 6.51. The SMILES string of the molecule is NCCc1ccccc1C(=O)NCCc1ccc(Br)s1. The number of nitrogens with one attached hydrogen (secondary N) is 1. The van der Waals surface area contributed by atoms with Gasteiger partial charge < -0.3 is 11.1 Å². The van der Waals surface area contributed by atoms with Gasteiger partial charge in [-0.25, -0.2) is 0 Å². The summed E-state index contributed by atoms with van der Waals surface area (Å²) >= 11 is 5.13. The third kappa shape index (κ3) is 4.16. The van der Waals surface area contributed by atoms with Crippen LogP contribution >= 0.6 is 27.3 Å². The van der Waals surface area contributed by atoms with Crippen molar-refractivity contribution >= 4 is 33.2 Å². The van der Waals surface area contributed by atoms with Crippen molar-refractivity contribution in [3.8, 4) is 0 Å². The molecule has 0 aliphatic carbocycles. The summed E-state index contributed by atoms with van der Waals surface area (Å²) in [7, 11) is 0. The first-order chi connectivity index (χ1) is 9.70. The van der Waals surface area contributed by atoms with Crippen molar-refractivity contribution in [2.75, 3.05) is 13.1 Å². The highest BCUT2D eigenvalue weighted by Gasteiger charge is 2.09. The molecule has 0 radical (unpaired) electrons. The molecule has 0 atom stereocenters. The summed E-state index contributed by atoms with van der Waals surface area (Å²) in [4.78, 5) is 13.4. The van der Waals surface area contributed by atoms with Crippen molar-refractivity contribution in [1.29, 1.82) is 0 Å². The fourth-order valence-electron chi connectivity index (χ4n) is 2.00. The minimum Gasteiger partial charge on any atom is -0.352 e. The molecule has 20 heavy (non-hydrogen) atoms. The van der Waals surface area contributed by atoms with Gasteiger partial charge in [0.05, 0.1) is 3.79 Å². The van der Waals surface area contributed by atoms with E-state index in [2.05, 4.69) is 27.3 Å². The van der Waals surface area contributed by atoms with E-state index in [4.69, 9.17) is 5.73 Å². The third-order valence-corrected chi connectivity index (χ3v) is 4.64. The molecule has 5 heteroatoms. The number of halogens is 1. The lowest BCUT2D eigenvalue weighted by molar-refractivity contribution is 0.0953. The summed E-state index contributed by atoms with van der Waals surface area (Å²) < 4.78 is 1.12. The molecule has 2 aromatic rings. The Balaban J connectivity index is 1.91. The molecule has 0 bridgehead atoms. The second kappa shape index (κ2) is 7.57. The predicted molar refractivity (Wildman–Crippen MR) is 87.3 cm³/mol. The van der Waals surface area contributed by atoms with Crippen LogP contribution in [0.4, 0.5) is 0 Å². The zero-order valence-electron chi connectivity index (χ0n) is 11.1. The number of hydrogen-bond donors (Lipinski definition) is 2. The van der Waals surface area contributed by atoms with Crippen molar-refractivity contribution in [3.63, 3.8) is 0 Å². The highest BCUT2D eigenvalue weighted by Crippen LogP contribution is 2.22. The van der Waals surface area contributed by atoms with Crippen LogP contribution in [0.2, 0.25) is 0 Å². The van der Waals surface area contributed by atoms with Crippen LogP contribution in [0.5, 0.6) is 0 Å². The minimum atomic E-state index is -0.0235.